The molecule has 3 N–H and O–H groups in total. The number of nitrogens with zero attached hydrogens (tertiary/aromatic N) is 4. The molecule has 0 radical (unpaired) electrons. The molecule has 3 amide bonds. The van der Waals surface area contributed by atoms with Crippen LogP contribution in [0.4, 0.5) is 4.79 Å². The highest BCUT2D eigenvalue weighted by Crippen LogP contribution is 2.53. The van der Waals surface area contributed by atoms with Gasteiger partial charge in [-0.15, -0.1) is 11.3 Å². The lowest BCUT2D eigenvalue weighted by Gasteiger charge is -2.40. The third-order valence-electron chi connectivity index (χ3n) is 13.0. The average Bonchev–Trinajstić information content (AvgIpc) is 4.10. The van der Waals surface area contributed by atoms with Crippen LogP contribution in [0.2, 0.25) is 0 Å². The number of carbonyl (C=O) groups is 4. The van der Waals surface area contributed by atoms with E-state index in [9.17, 15) is 19.2 Å². The summed E-state index contributed by atoms with van der Waals surface area (Å²) in [5.41, 5.74) is 5.50. The normalized spacial score (nSPS) is 20.9. The number of benzene rings is 2. The number of aromatic amines is 2. The predicted molar refractivity (Wildman–Crippen MR) is 231 cm³/mol. The van der Waals surface area contributed by atoms with Gasteiger partial charge in [0.25, 0.3) is 0 Å². The van der Waals surface area contributed by atoms with E-state index in [2.05, 4.69) is 64.7 Å². The summed E-state index contributed by atoms with van der Waals surface area (Å²) in [6, 6.07) is 14.2. The van der Waals surface area contributed by atoms with Crippen LogP contribution in [0.1, 0.15) is 88.8 Å². The Bertz CT molecular complexity index is 2420. The van der Waals surface area contributed by atoms with Crippen LogP contribution in [-0.2, 0) is 29.4 Å². The first-order chi connectivity index (χ1) is 28.8. The fraction of sp³-hybridized carbons (Fsp3) is 0.478. The minimum atomic E-state index is -0.695. The second kappa shape index (κ2) is 16.5. The second-order valence-electron chi connectivity index (χ2n) is 17.4. The number of hydrogen-bond donors (Lipinski definition) is 3. The molecule has 13 nitrogen and oxygen atoms in total. The van der Waals surface area contributed by atoms with Gasteiger partial charge in [0.05, 0.1) is 56.4 Å². The van der Waals surface area contributed by atoms with E-state index in [0.717, 1.165) is 87.5 Å². The molecular weight excluding hydrogens is 779 g/mol. The van der Waals surface area contributed by atoms with Crippen molar-refractivity contribution in [2.75, 3.05) is 27.3 Å². The van der Waals surface area contributed by atoms with Gasteiger partial charge in [0.2, 0.25) is 11.8 Å². The number of esters is 1. The average molecular weight is 834 g/mol. The van der Waals surface area contributed by atoms with Gasteiger partial charge in [-0.1, -0.05) is 64.1 Å². The Labute approximate surface area is 354 Å². The minimum absolute atomic E-state index is 0.00147. The Morgan fingerprint density at radius 2 is 1.63 bits per heavy atom. The first-order valence-corrected chi connectivity index (χ1v) is 21.9. The van der Waals surface area contributed by atoms with Crippen molar-refractivity contribution in [2.45, 2.75) is 90.8 Å². The van der Waals surface area contributed by atoms with Crippen LogP contribution in [0.5, 0.6) is 0 Å². The summed E-state index contributed by atoms with van der Waals surface area (Å²) in [5, 5.41) is 3.93. The van der Waals surface area contributed by atoms with Crippen LogP contribution >= 0.6 is 11.3 Å². The Hall–Kier alpha value is -5.50. The van der Waals surface area contributed by atoms with Crippen LogP contribution in [0.15, 0.2) is 54.9 Å². The number of nitrogens with one attached hydrogen (secondary N) is 3. The standard InChI is InChI=1S/C46H55N7O6S/c1-25(2)33(20-38(54)58-6)42(55)52-18-8-9-37(52)41-47-22-35(49-41)30-12-10-29(11-13-30)31-14-15-32(40-34(31)19-27(5)60-40)36-23-48-44(50-36)46-17-16-28(21-46)24-53(46)43(56)39(26(3)4)51-45(57)59-7/h10-15,19,22-23,25-26,28,33,37,39H,8-9,16-18,20-21,24H2,1-7H3,(H,47,49)(H,48,50)(H,51,57)/t28?,33-,37-,39-,46?/m0/s1. The summed E-state index contributed by atoms with van der Waals surface area (Å²) < 4.78 is 10.9. The van der Waals surface area contributed by atoms with Gasteiger partial charge in [0.15, 0.2) is 0 Å². The van der Waals surface area contributed by atoms with Crippen molar-refractivity contribution in [3.8, 4) is 33.6 Å². The van der Waals surface area contributed by atoms with Crippen molar-refractivity contribution in [3.05, 3.63) is 71.4 Å². The zero-order chi connectivity index (χ0) is 42.5. The number of hydrogen-bond acceptors (Lipinski definition) is 9. The quantitative estimate of drug-likeness (QED) is 0.106. The number of likely N-dealkylation sites (tertiary alicyclic amines) is 2. The molecule has 8 rings (SSSR count). The highest BCUT2D eigenvalue weighted by atomic mass is 32.1. The third kappa shape index (κ3) is 7.47. The molecule has 2 aliphatic heterocycles. The van der Waals surface area contributed by atoms with Crippen LogP contribution in [0, 0.1) is 30.6 Å². The largest absolute Gasteiger partial charge is 0.469 e. The van der Waals surface area contributed by atoms with Crippen molar-refractivity contribution in [3.63, 3.8) is 0 Å². The number of thiophene rings is 1. The summed E-state index contributed by atoms with van der Waals surface area (Å²) in [6.07, 6.45) is 7.55. The minimum Gasteiger partial charge on any atom is -0.469 e. The van der Waals surface area contributed by atoms with Gasteiger partial charge in [0, 0.05) is 33.6 Å². The first-order valence-electron chi connectivity index (χ1n) is 21.1. The maximum Gasteiger partial charge on any atom is 0.407 e. The van der Waals surface area contributed by atoms with E-state index in [1.807, 2.05) is 49.9 Å². The Kier molecular flexibility index (Phi) is 11.4. The number of carbonyl (C=O) groups excluding carboxylic acids is 4. The number of amides is 3. The molecule has 3 fully saturated rings. The van der Waals surface area contributed by atoms with Gasteiger partial charge < -0.3 is 34.6 Å². The molecule has 5 heterocycles. The van der Waals surface area contributed by atoms with Crippen LogP contribution < -0.4 is 5.32 Å². The van der Waals surface area contributed by atoms with Crippen molar-refractivity contribution >= 4 is 45.3 Å². The molecule has 2 aromatic carbocycles. The third-order valence-corrected chi connectivity index (χ3v) is 14.1. The fourth-order valence-electron chi connectivity index (χ4n) is 9.76. The summed E-state index contributed by atoms with van der Waals surface area (Å²) >= 11 is 1.75. The molecule has 5 atom stereocenters. The molecule has 316 valence electrons. The number of aryl methyl sites for hydroxylation is 1. The van der Waals surface area contributed by atoms with Crippen LogP contribution in [0.3, 0.4) is 0 Å². The van der Waals surface area contributed by atoms with Gasteiger partial charge in [-0.2, -0.15) is 0 Å². The Morgan fingerprint density at radius 3 is 2.33 bits per heavy atom. The molecule has 2 bridgehead atoms. The lowest BCUT2D eigenvalue weighted by Crippen LogP contribution is -2.56. The van der Waals surface area contributed by atoms with E-state index in [0.29, 0.717) is 19.0 Å². The lowest BCUT2D eigenvalue weighted by molar-refractivity contribution is -0.148. The summed E-state index contributed by atoms with van der Waals surface area (Å²) in [7, 11) is 2.67. The van der Waals surface area contributed by atoms with Crippen LogP contribution in [0.25, 0.3) is 43.7 Å². The number of aromatic nitrogens is 4. The van der Waals surface area contributed by atoms with E-state index in [1.165, 1.54) is 19.1 Å². The van der Waals surface area contributed by atoms with Crippen molar-refractivity contribution in [1.29, 1.82) is 0 Å². The number of piperidine rings is 1. The number of H-pyrrole nitrogens is 2. The molecule has 60 heavy (non-hydrogen) atoms. The number of fused-ring (bicyclic) bond motifs is 3. The van der Waals surface area contributed by atoms with E-state index in [-0.39, 0.29) is 42.1 Å². The van der Waals surface area contributed by atoms with E-state index < -0.39 is 23.6 Å². The Balaban J connectivity index is 1.02. The predicted octanol–water partition coefficient (Wildman–Crippen LogP) is 8.37. The maximum absolute atomic E-state index is 14.1. The van der Waals surface area contributed by atoms with Crippen LogP contribution in [-0.4, -0.2) is 87.0 Å². The molecule has 0 spiro atoms. The monoisotopic (exact) mass is 833 g/mol. The summed E-state index contributed by atoms with van der Waals surface area (Å²) in [4.78, 5) is 74.0. The molecule has 2 saturated heterocycles. The molecule has 2 unspecified atom stereocenters. The molecule has 1 saturated carbocycles. The Morgan fingerprint density at radius 1 is 0.900 bits per heavy atom. The lowest BCUT2D eigenvalue weighted by atomic mass is 9.91. The number of rotatable bonds is 12. The fourth-order valence-corrected chi connectivity index (χ4v) is 10.8. The SMILES string of the molecule is COC(=O)C[C@H](C(=O)N1CCC[C@H]1c1ncc(-c2ccc(-c3ccc(-c4cnc(C56CCC(CN5C(=O)[C@@H](NC(=O)OC)C(C)C)C6)[nH]4)c4sc(C)cc34)cc2)[nH]1)C(C)C. The molecule has 14 heteroatoms. The second-order valence-corrected chi connectivity index (χ2v) is 18.7. The van der Waals surface area contributed by atoms with Gasteiger partial charge in [-0.05, 0) is 79.5 Å². The topological polar surface area (TPSA) is 163 Å². The molecule has 3 aromatic heterocycles. The van der Waals surface area contributed by atoms with E-state index in [4.69, 9.17) is 19.4 Å². The zero-order valence-corrected chi connectivity index (χ0v) is 36.3. The van der Waals surface area contributed by atoms with Crippen molar-refractivity contribution in [1.82, 2.24) is 35.1 Å². The van der Waals surface area contributed by atoms with Crippen molar-refractivity contribution < 1.29 is 28.7 Å². The summed E-state index contributed by atoms with van der Waals surface area (Å²) in [6.45, 7) is 11.2. The first kappa shape index (κ1) is 41.2. The summed E-state index contributed by atoms with van der Waals surface area (Å²) in [5.74, 6) is 0.875. The molecule has 3 aliphatic rings. The van der Waals surface area contributed by atoms with Gasteiger partial charge in [-0.25, -0.2) is 14.8 Å². The maximum atomic E-state index is 14.1. The number of alkyl carbamates (subject to hydrolysis) is 1. The molecule has 5 aromatic rings. The van der Waals surface area contributed by atoms with Gasteiger partial charge >= 0.3 is 12.1 Å². The smallest absolute Gasteiger partial charge is 0.407 e. The molecule has 1 aliphatic carbocycles. The zero-order valence-electron chi connectivity index (χ0n) is 35.5. The number of ether oxygens (including phenoxy) is 2. The van der Waals surface area contributed by atoms with E-state index >= 15 is 0 Å². The molecular formula is C46H55N7O6S. The number of methoxy groups -OCH3 is 2. The van der Waals surface area contributed by atoms with E-state index in [1.54, 1.807) is 11.3 Å². The van der Waals surface area contributed by atoms with Crippen molar-refractivity contribution in [2.24, 2.45) is 23.7 Å². The van der Waals surface area contributed by atoms with Gasteiger partial charge in [-0.3, -0.25) is 14.4 Å². The highest BCUT2D eigenvalue weighted by molar-refractivity contribution is 7.19. The highest BCUT2D eigenvalue weighted by Gasteiger charge is 2.56. The van der Waals surface area contributed by atoms with Gasteiger partial charge in [0.1, 0.15) is 23.2 Å². The number of imidazole rings is 2.